The zero-order valence-electron chi connectivity index (χ0n) is 20.3. The highest BCUT2D eigenvalue weighted by Gasteiger charge is 2.36. The normalized spacial score (nSPS) is 13.5. The van der Waals surface area contributed by atoms with Gasteiger partial charge in [0.05, 0.1) is 5.69 Å². The molecule has 0 heterocycles. The fourth-order valence-corrected chi connectivity index (χ4v) is 5.58. The SMILES string of the molecule is Cc1cccc(N(c2ccc3c(c2)C(C)(C)c2cc(C)ccc2-3)c2cccc3ccccc23)c1. The van der Waals surface area contributed by atoms with E-state index in [2.05, 4.69) is 136 Å². The fraction of sp³-hybridized carbons (Fsp3) is 0.152. The summed E-state index contributed by atoms with van der Waals surface area (Å²) in [6.07, 6.45) is 0. The third-order valence-electron chi connectivity index (χ3n) is 7.34. The van der Waals surface area contributed by atoms with Gasteiger partial charge in [0.2, 0.25) is 0 Å². The van der Waals surface area contributed by atoms with Crippen LogP contribution < -0.4 is 4.90 Å². The summed E-state index contributed by atoms with van der Waals surface area (Å²) < 4.78 is 0. The van der Waals surface area contributed by atoms with Crippen LogP contribution in [0.2, 0.25) is 0 Å². The van der Waals surface area contributed by atoms with Gasteiger partial charge in [-0.3, -0.25) is 0 Å². The zero-order chi connectivity index (χ0) is 23.4. The molecular formula is C33H29N. The van der Waals surface area contributed by atoms with E-state index in [1.165, 1.54) is 61.2 Å². The molecule has 6 rings (SSSR count). The number of aryl methyl sites for hydroxylation is 2. The van der Waals surface area contributed by atoms with Crippen LogP contribution in [0.1, 0.15) is 36.1 Å². The molecule has 1 aliphatic rings. The lowest BCUT2D eigenvalue weighted by Gasteiger charge is -2.29. The summed E-state index contributed by atoms with van der Waals surface area (Å²) in [7, 11) is 0. The molecule has 0 unspecified atom stereocenters. The maximum absolute atomic E-state index is 2.42. The number of hydrogen-bond acceptors (Lipinski definition) is 1. The number of rotatable bonds is 3. The standard InChI is InChI=1S/C33H29N/c1-22-9-7-12-25(19-22)34(32-14-8-11-24-10-5-6-13-27(24)32)26-16-18-29-28-17-15-23(2)20-30(28)33(3,4)31(29)21-26/h5-21H,1-4H3. The van der Waals surface area contributed by atoms with E-state index in [1.807, 2.05) is 0 Å². The number of fused-ring (bicyclic) bond motifs is 4. The predicted octanol–water partition coefficient (Wildman–Crippen LogP) is 9.23. The minimum atomic E-state index is -0.0380. The smallest absolute Gasteiger partial charge is 0.0540 e. The lowest BCUT2D eigenvalue weighted by molar-refractivity contribution is 0.660. The van der Waals surface area contributed by atoms with Gasteiger partial charge in [-0.1, -0.05) is 92.2 Å². The second-order valence-corrected chi connectivity index (χ2v) is 10.1. The quantitative estimate of drug-likeness (QED) is 0.271. The first-order valence-electron chi connectivity index (χ1n) is 12.0. The highest BCUT2D eigenvalue weighted by atomic mass is 15.1. The lowest BCUT2D eigenvalue weighted by atomic mass is 9.82. The van der Waals surface area contributed by atoms with Crippen molar-refractivity contribution < 1.29 is 0 Å². The van der Waals surface area contributed by atoms with Crippen LogP contribution in [0.5, 0.6) is 0 Å². The monoisotopic (exact) mass is 439 g/mol. The van der Waals surface area contributed by atoms with Crippen LogP contribution in [-0.4, -0.2) is 0 Å². The molecule has 0 amide bonds. The van der Waals surface area contributed by atoms with Crippen LogP contribution in [-0.2, 0) is 5.41 Å². The average molecular weight is 440 g/mol. The second-order valence-electron chi connectivity index (χ2n) is 10.1. The van der Waals surface area contributed by atoms with Crippen molar-refractivity contribution in [1.82, 2.24) is 0 Å². The predicted molar refractivity (Wildman–Crippen MR) is 146 cm³/mol. The van der Waals surface area contributed by atoms with Crippen molar-refractivity contribution in [3.63, 3.8) is 0 Å². The minimum Gasteiger partial charge on any atom is -0.310 e. The Morgan fingerprint density at radius 2 is 1.21 bits per heavy atom. The summed E-state index contributed by atoms with van der Waals surface area (Å²) in [5.74, 6) is 0. The Labute approximate surface area is 202 Å². The van der Waals surface area contributed by atoms with Crippen LogP contribution in [0.15, 0.2) is 103 Å². The molecule has 166 valence electrons. The zero-order valence-corrected chi connectivity index (χ0v) is 20.3. The molecule has 0 aromatic heterocycles. The van der Waals surface area contributed by atoms with Gasteiger partial charge in [0.25, 0.3) is 0 Å². The van der Waals surface area contributed by atoms with Gasteiger partial charge in [0.15, 0.2) is 0 Å². The molecule has 0 saturated carbocycles. The van der Waals surface area contributed by atoms with Crippen molar-refractivity contribution in [3.8, 4) is 11.1 Å². The lowest BCUT2D eigenvalue weighted by Crippen LogP contribution is -2.17. The number of benzene rings is 5. The molecular weight excluding hydrogens is 410 g/mol. The van der Waals surface area contributed by atoms with Crippen molar-refractivity contribution in [3.05, 3.63) is 125 Å². The maximum atomic E-state index is 2.42. The summed E-state index contributed by atoms with van der Waals surface area (Å²) in [5, 5.41) is 2.51. The van der Waals surface area contributed by atoms with Crippen molar-refractivity contribution in [2.45, 2.75) is 33.1 Å². The van der Waals surface area contributed by atoms with Gasteiger partial charge in [0.1, 0.15) is 0 Å². The molecule has 34 heavy (non-hydrogen) atoms. The Kier molecular flexibility index (Phi) is 4.64. The molecule has 5 aromatic carbocycles. The fourth-order valence-electron chi connectivity index (χ4n) is 5.58. The molecule has 1 aliphatic carbocycles. The van der Waals surface area contributed by atoms with Crippen LogP contribution in [0, 0.1) is 13.8 Å². The topological polar surface area (TPSA) is 3.24 Å². The molecule has 0 aliphatic heterocycles. The Balaban J connectivity index is 1.60. The minimum absolute atomic E-state index is 0.0380. The summed E-state index contributed by atoms with van der Waals surface area (Å²) >= 11 is 0. The van der Waals surface area contributed by atoms with Crippen molar-refractivity contribution in [2.75, 3.05) is 4.90 Å². The van der Waals surface area contributed by atoms with Gasteiger partial charge < -0.3 is 4.90 Å². The third-order valence-corrected chi connectivity index (χ3v) is 7.34. The second kappa shape index (κ2) is 7.60. The Morgan fingerprint density at radius 1 is 0.559 bits per heavy atom. The molecule has 5 aromatic rings. The van der Waals surface area contributed by atoms with Gasteiger partial charge >= 0.3 is 0 Å². The molecule has 1 heteroatoms. The van der Waals surface area contributed by atoms with Crippen LogP contribution in [0.25, 0.3) is 21.9 Å². The maximum Gasteiger partial charge on any atom is 0.0540 e. The summed E-state index contributed by atoms with van der Waals surface area (Å²) in [6, 6.07) is 38.0. The van der Waals surface area contributed by atoms with Crippen molar-refractivity contribution in [1.29, 1.82) is 0 Å². The number of hydrogen-bond donors (Lipinski definition) is 0. The van der Waals surface area contributed by atoms with Gasteiger partial charge in [-0.05, 0) is 77.4 Å². The van der Waals surface area contributed by atoms with Gasteiger partial charge in [-0.25, -0.2) is 0 Å². The van der Waals surface area contributed by atoms with E-state index in [9.17, 15) is 0 Å². The largest absolute Gasteiger partial charge is 0.310 e. The average Bonchev–Trinajstić information content (AvgIpc) is 3.06. The van der Waals surface area contributed by atoms with E-state index in [4.69, 9.17) is 0 Å². The Bertz CT molecular complexity index is 1550. The first kappa shape index (κ1) is 20.7. The molecule has 0 N–H and O–H groups in total. The van der Waals surface area contributed by atoms with E-state index < -0.39 is 0 Å². The van der Waals surface area contributed by atoms with E-state index in [1.54, 1.807) is 0 Å². The van der Waals surface area contributed by atoms with Crippen LogP contribution >= 0.6 is 0 Å². The molecule has 0 spiro atoms. The Morgan fingerprint density at radius 3 is 2.03 bits per heavy atom. The molecule has 0 saturated heterocycles. The van der Waals surface area contributed by atoms with E-state index in [0.717, 1.165) is 0 Å². The van der Waals surface area contributed by atoms with Gasteiger partial charge in [-0.2, -0.15) is 0 Å². The van der Waals surface area contributed by atoms with Gasteiger partial charge in [0, 0.05) is 22.2 Å². The molecule has 0 fully saturated rings. The highest BCUT2D eigenvalue weighted by Crippen LogP contribution is 2.51. The van der Waals surface area contributed by atoms with E-state index >= 15 is 0 Å². The van der Waals surface area contributed by atoms with Crippen LogP contribution in [0.3, 0.4) is 0 Å². The first-order valence-corrected chi connectivity index (χ1v) is 12.0. The molecule has 0 bridgehead atoms. The summed E-state index contributed by atoms with van der Waals surface area (Å²) in [6.45, 7) is 9.06. The molecule has 0 radical (unpaired) electrons. The first-order chi connectivity index (χ1) is 16.4. The number of nitrogens with zero attached hydrogens (tertiary/aromatic N) is 1. The summed E-state index contributed by atoms with van der Waals surface area (Å²) in [4.78, 5) is 2.42. The third kappa shape index (κ3) is 3.15. The van der Waals surface area contributed by atoms with Crippen molar-refractivity contribution >= 4 is 27.8 Å². The highest BCUT2D eigenvalue weighted by molar-refractivity contribution is 5.99. The van der Waals surface area contributed by atoms with Crippen LogP contribution in [0.4, 0.5) is 17.1 Å². The molecule has 0 atom stereocenters. The van der Waals surface area contributed by atoms with E-state index in [0.29, 0.717) is 0 Å². The molecule has 1 nitrogen and oxygen atoms in total. The summed E-state index contributed by atoms with van der Waals surface area (Å²) in [5.41, 5.74) is 11.6. The van der Waals surface area contributed by atoms with E-state index in [-0.39, 0.29) is 5.41 Å². The Hall–Kier alpha value is -3.84. The van der Waals surface area contributed by atoms with Crippen molar-refractivity contribution in [2.24, 2.45) is 0 Å². The number of anilines is 3. The van der Waals surface area contributed by atoms with Gasteiger partial charge in [-0.15, -0.1) is 0 Å².